The molecule has 0 amide bonds. The third-order valence-corrected chi connectivity index (χ3v) is 3.70. The molecule has 3 heteroatoms. The molecule has 0 bridgehead atoms. The van der Waals surface area contributed by atoms with Crippen LogP contribution in [0.2, 0.25) is 5.02 Å². The van der Waals surface area contributed by atoms with Crippen LogP contribution >= 0.6 is 11.6 Å². The summed E-state index contributed by atoms with van der Waals surface area (Å²) in [7, 11) is 0. The largest absolute Gasteiger partial charge is 0.293 e. The SMILES string of the molecule is O=C1CN(Cc2ccccc2)Cc2cccc(Cl)c21. The predicted molar refractivity (Wildman–Crippen MR) is 76.3 cm³/mol. The number of Topliss-reactive ketones (excluding diaryl/α,β-unsaturated/α-hetero) is 1. The Morgan fingerprint density at radius 1 is 1.00 bits per heavy atom. The van der Waals surface area contributed by atoms with Crippen LogP contribution in [0.3, 0.4) is 0 Å². The first kappa shape index (κ1) is 12.4. The zero-order valence-corrected chi connectivity index (χ0v) is 11.2. The second kappa shape index (κ2) is 5.16. The van der Waals surface area contributed by atoms with Gasteiger partial charge in [0.1, 0.15) is 0 Å². The Hall–Kier alpha value is -1.64. The lowest BCUT2D eigenvalue weighted by Gasteiger charge is -2.28. The van der Waals surface area contributed by atoms with Crippen LogP contribution in [0, 0.1) is 0 Å². The number of ketones is 1. The fourth-order valence-corrected chi connectivity index (χ4v) is 2.84. The molecule has 0 aliphatic carbocycles. The maximum atomic E-state index is 12.2. The monoisotopic (exact) mass is 271 g/mol. The summed E-state index contributed by atoms with van der Waals surface area (Å²) in [6.45, 7) is 2.00. The number of hydrogen-bond acceptors (Lipinski definition) is 2. The molecule has 0 aromatic heterocycles. The molecule has 2 nitrogen and oxygen atoms in total. The molecule has 96 valence electrons. The molecular weight excluding hydrogens is 258 g/mol. The lowest BCUT2D eigenvalue weighted by Crippen LogP contribution is -2.34. The van der Waals surface area contributed by atoms with Gasteiger partial charge in [-0.25, -0.2) is 0 Å². The fraction of sp³-hybridized carbons (Fsp3) is 0.188. The van der Waals surface area contributed by atoms with E-state index in [1.807, 2.05) is 30.3 Å². The number of carbonyl (C=O) groups is 1. The molecule has 0 spiro atoms. The van der Waals surface area contributed by atoms with Crippen LogP contribution in [0.1, 0.15) is 21.5 Å². The molecule has 2 aromatic carbocycles. The molecule has 0 atom stereocenters. The molecule has 2 aromatic rings. The second-order valence-corrected chi connectivity index (χ2v) is 5.24. The van der Waals surface area contributed by atoms with Gasteiger partial charge in [-0.05, 0) is 17.2 Å². The summed E-state index contributed by atoms with van der Waals surface area (Å²) in [5.74, 6) is 0.114. The van der Waals surface area contributed by atoms with Crippen molar-refractivity contribution in [1.29, 1.82) is 0 Å². The highest BCUT2D eigenvalue weighted by Crippen LogP contribution is 2.26. The highest BCUT2D eigenvalue weighted by molar-refractivity contribution is 6.34. The van der Waals surface area contributed by atoms with Crippen molar-refractivity contribution in [1.82, 2.24) is 4.90 Å². The molecule has 0 N–H and O–H groups in total. The summed E-state index contributed by atoms with van der Waals surface area (Å²) in [5, 5.41) is 0.571. The third kappa shape index (κ3) is 2.55. The molecule has 0 saturated carbocycles. The van der Waals surface area contributed by atoms with E-state index in [0.717, 1.165) is 18.7 Å². The normalized spacial score (nSPS) is 15.3. The molecule has 0 radical (unpaired) electrons. The van der Waals surface area contributed by atoms with Gasteiger partial charge in [-0.3, -0.25) is 9.69 Å². The number of rotatable bonds is 2. The molecule has 0 fully saturated rings. The van der Waals surface area contributed by atoms with Gasteiger partial charge in [0, 0.05) is 18.7 Å². The van der Waals surface area contributed by atoms with Crippen LogP contribution < -0.4 is 0 Å². The van der Waals surface area contributed by atoms with Gasteiger partial charge in [-0.1, -0.05) is 54.1 Å². The molecule has 19 heavy (non-hydrogen) atoms. The summed E-state index contributed by atoms with van der Waals surface area (Å²) in [6.07, 6.45) is 0. The highest BCUT2D eigenvalue weighted by Gasteiger charge is 2.24. The van der Waals surface area contributed by atoms with Crippen molar-refractivity contribution in [2.45, 2.75) is 13.1 Å². The lowest BCUT2D eigenvalue weighted by atomic mass is 9.98. The van der Waals surface area contributed by atoms with E-state index in [4.69, 9.17) is 11.6 Å². The van der Waals surface area contributed by atoms with Crippen molar-refractivity contribution in [2.24, 2.45) is 0 Å². The fourth-order valence-electron chi connectivity index (χ4n) is 2.55. The van der Waals surface area contributed by atoms with Crippen LogP contribution in [0.4, 0.5) is 0 Å². The maximum absolute atomic E-state index is 12.2. The second-order valence-electron chi connectivity index (χ2n) is 4.83. The first-order valence-corrected chi connectivity index (χ1v) is 6.69. The molecule has 3 rings (SSSR count). The molecule has 1 aliphatic rings. The number of nitrogens with zero attached hydrogens (tertiary/aromatic N) is 1. The van der Waals surface area contributed by atoms with E-state index >= 15 is 0 Å². The highest BCUT2D eigenvalue weighted by atomic mass is 35.5. The zero-order chi connectivity index (χ0) is 13.2. The van der Waals surface area contributed by atoms with Crippen LogP contribution in [0.15, 0.2) is 48.5 Å². The van der Waals surface area contributed by atoms with Crippen LogP contribution in [-0.4, -0.2) is 17.2 Å². The van der Waals surface area contributed by atoms with Crippen molar-refractivity contribution in [3.63, 3.8) is 0 Å². The van der Waals surface area contributed by atoms with E-state index in [1.54, 1.807) is 6.07 Å². The average molecular weight is 272 g/mol. The van der Waals surface area contributed by atoms with Crippen molar-refractivity contribution >= 4 is 17.4 Å². The smallest absolute Gasteiger partial charge is 0.178 e. The topological polar surface area (TPSA) is 20.3 Å². The van der Waals surface area contributed by atoms with E-state index in [9.17, 15) is 4.79 Å². The van der Waals surface area contributed by atoms with Gasteiger partial charge in [0.15, 0.2) is 5.78 Å². The summed E-state index contributed by atoms with van der Waals surface area (Å²) in [6, 6.07) is 15.9. The van der Waals surface area contributed by atoms with E-state index in [0.29, 0.717) is 17.1 Å². The lowest BCUT2D eigenvalue weighted by molar-refractivity contribution is 0.0895. The van der Waals surface area contributed by atoms with Gasteiger partial charge in [0.2, 0.25) is 0 Å². The van der Waals surface area contributed by atoms with Gasteiger partial charge in [0.05, 0.1) is 11.6 Å². The Morgan fingerprint density at radius 3 is 2.58 bits per heavy atom. The summed E-state index contributed by atoms with van der Waals surface area (Å²) < 4.78 is 0. The van der Waals surface area contributed by atoms with Crippen molar-refractivity contribution < 1.29 is 4.79 Å². The zero-order valence-electron chi connectivity index (χ0n) is 10.5. The molecule has 1 aliphatic heterocycles. The standard InChI is InChI=1S/C16H14ClNO/c17-14-8-4-7-13-10-18(11-15(19)16(13)14)9-12-5-2-1-3-6-12/h1-8H,9-11H2. The molecule has 0 unspecified atom stereocenters. The Morgan fingerprint density at radius 2 is 1.79 bits per heavy atom. The van der Waals surface area contributed by atoms with Gasteiger partial charge >= 0.3 is 0 Å². The Bertz CT molecular complexity index is 609. The summed E-state index contributed by atoms with van der Waals surface area (Å²) in [4.78, 5) is 14.3. The average Bonchev–Trinajstić information content (AvgIpc) is 2.39. The number of benzene rings is 2. The van der Waals surface area contributed by atoms with Crippen LogP contribution in [0.25, 0.3) is 0 Å². The Labute approximate surface area is 117 Å². The summed E-state index contributed by atoms with van der Waals surface area (Å²) >= 11 is 6.11. The number of hydrogen-bond donors (Lipinski definition) is 0. The van der Waals surface area contributed by atoms with Gasteiger partial charge in [-0.15, -0.1) is 0 Å². The minimum Gasteiger partial charge on any atom is -0.293 e. The molecule has 0 saturated heterocycles. The quantitative estimate of drug-likeness (QED) is 0.833. The minimum atomic E-state index is 0.114. The Kier molecular flexibility index (Phi) is 3.36. The van der Waals surface area contributed by atoms with Gasteiger partial charge in [-0.2, -0.15) is 0 Å². The number of carbonyl (C=O) groups excluding carboxylic acids is 1. The first-order chi connectivity index (χ1) is 9.24. The van der Waals surface area contributed by atoms with Crippen molar-refractivity contribution in [3.8, 4) is 0 Å². The Balaban J connectivity index is 1.84. The number of halogens is 1. The minimum absolute atomic E-state index is 0.114. The summed E-state index contributed by atoms with van der Waals surface area (Å²) in [5.41, 5.74) is 2.95. The van der Waals surface area contributed by atoms with Crippen LogP contribution in [-0.2, 0) is 13.1 Å². The van der Waals surface area contributed by atoms with Crippen molar-refractivity contribution in [3.05, 3.63) is 70.2 Å². The van der Waals surface area contributed by atoms with E-state index < -0.39 is 0 Å². The van der Waals surface area contributed by atoms with Gasteiger partial charge in [0.25, 0.3) is 0 Å². The first-order valence-electron chi connectivity index (χ1n) is 6.31. The van der Waals surface area contributed by atoms with Crippen LogP contribution in [0.5, 0.6) is 0 Å². The predicted octanol–water partition coefficient (Wildman–Crippen LogP) is 3.54. The van der Waals surface area contributed by atoms with E-state index in [-0.39, 0.29) is 5.78 Å². The maximum Gasteiger partial charge on any atom is 0.178 e. The number of fused-ring (bicyclic) bond motifs is 1. The van der Waals surface area contributed by atoms with E-state index in [2.05, 4.69) is 17.0 Å². The molecule has 1 heterocycles. The molecular formula is C16H14ClNO. The van der Waals surface area contributed by atoms with Crippen molar-refractivity contribution in [2.75, 3.05) is 6.54 Å². The van der Waals surface area contributed by atoms with E-state index in [1.165, 1.54) is 5.56 Å². The van der Waals surface area contributed by atoms with Gasteiger partial charge < -0.3 is 0 Å². The third-order valence-electron chi connectivity index (χ3n) is 3.39.